The Bertz CT molecular complexity index is 987. The molecule has 0 bridgehead atoms. The molecule has 0 aromatic heterocycles. The fourth-order valence-corrected chi connectivity index (χ4v) is 4.93. The van der Waals surface area contributed by atoms with Crippen molar-refractivity contribution in [2.75, 3.05) is 40.4 Å². The van der Waals surface area contributed by atoms with E-state index in [-0.39, 0.29) is 23.9 Å². The number of aryl methyl sites for hydroxylation is 1. The summed E-state index contributed by atoms with van der Waals surface area (Å²) in [5.41, 5.74) is 0.977. The van der Waals surface area contributed by atoms with Gasteiger partial charge in [-0.05, 0) is 48.4 Å². The topological polar surface area (TPSA) is 76.2 Å². The summed E-state index contributed by atoms with van der Waals surface area (Å²) >= 11 is 5.84. The maximum atomic E-state index is 12.8. The van der Waals surface area contributed by atoms with Gasteiger partial charge in [0, 0.05) is 37.6 Å². The summed E-state index contributed by atoms with van der Waals surface area (Å²) in [6, 6.07) is 11.7. The standard InChI is InChI=1S/C21H25ClN2O5S/c1-28-19-9-3-16(15-20(19)29-2)4-10-21(25)23-11-13-24(14-12-23)30(26,27)18-7-5-17(22)6-8-18/h3,5-9,15H,4,10-14H2,1-2H3. The SMILES string of the molecule is COc1ccc(CCC(=O)N2CCN(S(=O)(=O)c3ccc(Cl)cc3)CC2)cc1OC. The average Bonchev–Trinajstić information content (AvgIpc) is 2.77. The van der Waals surface area contributed by atoms with Crippen molar-refractivity contribution in [2.24, 2.45) is 0 Å². The van der Waals surface area contributed by atoms with Gasteiger partial charge in [0.25, 0.3) is 0 Å². The molecule has 1 heterocycles. The molecule has 0 N–H and O–H groups in total. The van der Waals surface area contributed by atoms with Crippen LogP contribution in [0.3, 0.4) is 0 Å². The lowest BCUT2D eigenvalue weighted by atomic mass is 10.1. The number of methoxy groups -OCH3 is 2. The first kappa shape index (κ1) is 22.4. The minimum Gasteiger partial charge on any atom is -0.493 e. The molecule has 1 amide bonds. The molecule has 0 atom stereocenters. The molecule has 162 valence electrons. The molecule has 1 fully saturated rings. The highest BCUT2D eigenvalue weighted by molar-refractivity contribution is 7.89. The molecule has 1 aliphatic heterocycles. The zero-order valence-corrected chi connectivity index (χ0v) is 18.6. The quantitative estimate of drug-likeness (QED) is 0.645. The summed E-state index contributed by atoms with van der Waals surface area (Å²) < 4.78 is 37.4. The molecule has 0 spiro atoms. The first-order chi connectivity index (χ1) is 14.3. The highest BCUT2D eigenvalue weighted by atomic mass is 35.5. The van der Waals surface area contributed by atoms with E-state index in [1.807, 2.05) is 18.2 Å². The lowest BCUT2D eigenvalue weighted by Crippen LogP contribution is -2.50. The second kappa shape index (κ2) is 9.68. The molecule has 0 radical (unpaired) electrons. The van der Waals surface area contributed by atoms with Gasteiger partial charge in [-0.2, -0.15) is 4.31 Å². The van der Waals surface area contributed by atoms with Gasteiger partial charge in [-0.1, -0.05) is 17.7 Å². The molecule has 7 nitrogen and oxygen atoms in total. The smallest absolute Gasteiger partial charge is 0.243 e. The van der Waals surface area contributed by atoms with Crippen molar-refractivity contribution in [1.82, 2.24) is 9.21 Å². The van der Waals surface area contributed by atoms with Crippen LogP contribution in [0.2, 0.25) is 5.02 Å². The number of ether oxygens (including phenoxy) is 2. The molecule has 1 aliphatic rings. The largest absolute Gasteiger partial charge is 0.493 e. The number of piperazine rings is 1. The summed E-state index contributed by atoms with van der Waals surface area (Å²) in [4.78, 5) is 14.5. The third-order valence-electron chi connectivity index (χ3n) is 5.12. The Morgan fingerprint density at radius 2 is 1.60 bits per heavy atom. The number of benzene rings is 2. The predicted molar refractivity (Wildman–Crippen MR) is 115 cm³/mol. The van der Waals surface area contributed by atoms with Crippen molar-refractivity contribution < 1.29 is 22.7 Å². The number of carbonyl (C=O) groups excluding carboxylic acids is 1. The fraction of sp³-hybridized carbons (Fsp3) is 0.381. The first-order valence-corrected chi connectivity index (χ1v) is 11.4. The van der Waals surface area contributed by atoms with Crippen molar-refractivity contribution in [3.63, 3.8) is 0 Å². The Labute approximate surface area is 182 Å². The number of hydrogen-bond acceptors (Lipinski definition) is 5. The second-order valence-corrected chi connectivity index (χ2v) is 9.30. The van der Waals surface area contributed by atoms with Crippen LogP contribution in [0.5, 0.6) is 11.5 Å². The van der Waals surface area contributed by atoms with Crippen LogP contribution >= 0.6 is 11.6 Å². The molecule has 1 saturated heterocycles. The van der Waals surface area contributed by atoms with Gasteiger partial charge >= 0.3 is 0 Å². The summed E-state index contributed by atoms with van der Waals surface area (Å²) in [5, 5.41) is 0.485. The Balaban J connectivity index is 1.55. The Hall–Kier alpha value is -2.29. The summed E-state index contributed by atoms with van der Waals surface area (Å²) in [5.74, 6) is 1.28. The number of sulfonamides is 1. The normalized spacial score (nSPS) is 15.1. The second-order valence-electron chi connectivity index (χ2n) is 6.93. The van der Waals surface area contributed by atoms with E-state index in [2.05, 4.69) is 0 Å². The lowest BCUT2D eigenvalue weighted by Gasteiger charge is -2.34. The van der Waals surface area contributed by atoms with Gasteiger partial charge in [0.05, 0.1) is 19.1 Å². The third kappa shape index (κ3) is 5.06. The van der Waals surface area contributed by atoms with Crippen molar-refractivity contribution in [2.45, 2.75) is 17.7 Å². The van der Waals surface area contributed by atoms with E-state index in [1.165, 1.54) is 16.4 Å². The van der Waals surface area contributed by atoms with Gasteiger partial charge in [0.1, 0.15) is 0 Å². The molecular formula is C21H25ClN2O5S. The van der Waals surface area contributed by atoms with Crippen LogP contribution in [0.1, 0.15) is 12.0 Å². The monoisotopic (exact) mass is 452 g/mol. The molecule has 2 aromatic rings. The first-order valence-electron chi connectivity index (χ1n) is 9.59. The van der Waals surface area contributed by atoms with Gasteiger partial charge in [-0.25, -0.2) is 8.42 Å². The summed E-state index contributed by atoms with van der Waals surface area (Å²) in [6.45, 7) is 1.29. The van der Waals surface area contributed by atoms with Crippen molar-refractivity contribution >= 4 is 27.5 Å². The van der Waals surface area contributed by atoms with Gasteiger partial charge in [-0.15, -0.1) is 0 Å². The van der Waals surface area contributed by atoms with Crippen LogP contribution in [0.4, 0.5) is 0 Å². The lowest BCUT2D eigenvalue weighted by molar-refractivity contribution is -0.132. The van der Waals surface area contributed by atoms with Crippen LogP contribution in [-0.4, -0.2) is 63.9 Å². The Morgan fingerprint density at radius 1 is 0.967 bits per heavy atom. The van der Waals surface area contributed by atoms with Crippen LogP contribution in [0, 0.1) is 0 Å². The van der Waals surface area contributed by atoms with Gasteiger partial charge in [0.2, 0.25) is 15.9 Å². The summed E-state index contributed by atoms with van der Waals surface area (Å²) in [6.07, 6.45) is 0.919. The molecule has 0 unspecified atom stereocenters. The van der Waals surface area contributed by atoms with E-state index in [1.54, 1.807) is 31.3 Å². The minimum atomic E-state index is -3.59. The van der Waals surface area contributed by atoms with Gasteiger partial charge in [0.15, 0.2) is 11.5 Å². The number of amides is 1. The molecule has 0 saturated carbocycles. The van der Waals surface area contributed by atoms with Crippen LogP contribution < -0.4 is 9.47 Å². The highest BCUT2D eigenvalue weighted by Crippen LogP contribution is 2.28. The Morgan fingerprint density at radius 3 is 2.20 bits per heavy atom. The predicted octanol–water partition coefficient (Wildman–Crippen LogP) is 2.82. The minimum absolute atomic E-state index is 0.00771. The number of nitrogens with zero attached hydrogens (tertiary/aromatic N) is 2. The highest BCUT2D eigenvalue weighted by Gasteiger charge is 2.29. The zero-order valence-electron chi connectivity index (χ0n) is 17.0. The third-order valence-corrected chi connectivity index (χ3v) is 7.28. The van der Waals surface area contributed by atoms with Crippen molar-refractivity contribution in [1.29, 1.82) is 0 Å². The van der Waals surface area contributed by atoms with E-state index in [4.69, 9.17) is 21.1 Å². The van der Waals surface area contributed by atoms with Crippen LogP contribution in [0.15, 0.2) is 47.4 Å². The molecule has 9 heteroatoms. The van der Waals surface area contributed by atoms with Crippen LogP contribution in [-0.2, 0) is 21.2 Å². The fourth-order valence-electron chi connectivity index (χ4n) is 3.38. The molecule has 2 aromatic carbocycles. The zero-order chi connectivity index (χ0) is 21.7. The number of halogens is 1. The van der Waals surface area contributed by atoms with E-state index in [0.717, 1.165) is 5.56 Å². The van der Waals surface area contributed by atoms with Crippen LogP contribution in [0.25, 0.3) is 0 Å². The van der Waals surface area contributed by atoms with E-state index < -0.39 is 10.0 Å². The van der Waals surface area contributed by atoms with E-state index in [9.17, 15) is 13.2 Å². The van der Waals surface area contributed by atoms with Gasteiger partial charge in [-0.3, -0.25) is 4.79 Å². The molecular weight excluding hydrogens is 428 g/mol. The van der Waals surface area contributed by atoms with E-state index in [0.29, 0.717) is 42.5 Å². The van der Waals surface area contributed by atoms with E-state index >= 15 is 0 Å². The molecule has 0 aliphatic carbocycles. The maximum Gasteiger partial charge on any atom is 0.243 e. The van der Waals surface area contributed by atoms with Gasteiger partial charge < -0.3 is 14.4 Å². The number of carbonyl (C=O) groups is 1. The number of hydrogen-bond donors (Lipinski definition) is 0. The number of rotatable bonds is 7. The molecule has 30 heavy (non-hydrogen) atoms. The summed E-state index contributed by atoms with van der Waals surface area (Å²) in [7, 11) is -0.436. The maximum absolute atomic E-state index is 12.8. The molecule has 3 rings (SSSR count). The van der Waals surface area contributed by atoms with Crippen molar-refractivity contribution in [3.05, 3.63) is 53.1 Å². The Kier molecular flexibility index (Phi) is 7.23. The average molecular weight is 453 g/mol. The van der Waals surface area contributed by atoms with Crippen molar-refractivity contribution in [3.8, 4) is 11.5 Å².